The molecule has 2 N–H and O–H groups in total. The van der Waals surface area contributed by atoms with Crippen LogP contribution in [0.5, 0.6) is 5.75 Å². The van der Waals surface area contributed by atoms with Crippen LogP contribution in [0.2, 0.25) is 0 Å². The molecule has 0 spiro atoms. The van der Waals surface area contributed by atoms with Gasteiger partial charge in [0.05, 0.1) is 17.1 Å². The standard InChI is InChI=1S/C11H12N4O/c1-7-9(4-3-5-12-7)15-11-10(16)8(2)13-6-14-11/h3-6,16H,1-2H3,(H,13,14,15). The molecular weight excluding hydrogens is 204 g/mol. The van der Waals surface area contributed by atoms with Crippen molar-refractivity contribution in [1.82, 2.24) is 15.0 Å². The van der Waals surface area contributed by atoms with E-state index in [9.17, 15) is 5.11 Å². The molecule has 2 heterocycles. The second kappa shape index (κ2) is 4.14. The van der Waals surface area contributed by atoms with Crippen LogP contribution in [0, 0.1) is 13.8 Å². The van der Waals surface area contributed by atoms with Crippen molar-refractivity contribution < 1.29 is 5.11 Å². The first kappa shape index (κ1) is 10.4. The fourth-order valence-corrected chi connectivity index (χ4v) is 1.30. The Bertz CT molecular complexity index is 513. The van der Waals surface area contributed by atoms with Crippen LogP contribution in [0.1, 0.15) is 11.4 Å². The number of nitrogens with one attached hydrogen (secondary N) is 1. The molecule has 0 saturated carbocycles. The normalized spacial score (nSPS) is 10.1. The molecule has 2 aromatic rings. The van der Waals surface area contributed by atoms with Crippen molar-refractivity contribution in [3.63, 3.8) is 0 Å². The zero-order chi connectivity index (χ0) is 11.5. The highest BCUT2D eigenvalue weighted by molar-refractivity contribution is 5.63. The summed E-state index contributed by atoms with van der Waals surface area (Å²) in [5.74, 6) is 0.453. The summed E-state index contributed by atoms with van der Waals surface area (Å²) in [6.07, 6.45) is 3.12. The summed E-state index contributed by atoms with van der Waals surface area (Å²) in [5.41, 5.74) is 2.20. The van der Waals surface area contributed by atoms with Crippen molar-refractivity contribution in [3.05, 3.63) is 36.0 Å². The Kier molecular flexibility index (Phi) is 2.68. The van der Waals surface area contributed by atoms with Crippen molar-refractivity contribution in [1.29, 1.82) is 0 Å². The summed E-state index contributed by atoms with van der Waals surface area (Å²) in [5, 5.41) is 12.8. The van der Waals surface area contributed by atoms with Gasteiger partial charge in [0.25, 0.3) is 0 Å². The molecule has 0 aromatic carbocycles. The molecular formula is C11H12N4O. The smallest absolute Gasteiger partial charge is 0.180 e. The Balaban J connectivity index is 2.35. The van der Waals surface area contributed by atoms with E-state index in [2.05, 4.69) is 20.3 Å². The van der Waals surface area contributed by atoms with Gasteiger partial charge in [-0.1, -0.05) is 0 Å². The predicted octanol–water partition coefficient (Wildman–Crippen LogP) is 1.94. The van der Waals surface area contributed by atoms with E-state index in [-0.39, 0.29) is 5.75 Å². The molecule has 16 heavy (non-hydrogen) atoms. The number of rotatable bonds is 2. The minimum atomic E-state index is 0.0609. The van der Waals surface area contributed by atoms with Crippen LogP contribution in [-0.2, 0) is 0 Å². The van der Waals surface area contributed by atoms with Gasteiger partial charge in [0.1, 0.15) is 6.33 Å². The number of anilines is 2. The van der Waals surface area contributed by atoms with E-state index in [4.69, 9.17) is 0 Å². The summed E-state index contributed by atoms with van der Waals surface area (Å²) < 4.78 is 0. The molecule has 2 rings (SSSR count). The molecule has 0 amide bonds. The second-order valence-electron chi connectivity index (χ2n) is 3.42. The number of aromatic nitrogens is 3. The van der Waals surface area contributed by atoms with Crippen LogP contribution < -0.4 is 5.32 Å². The Labute approximate surface area is 93.2 Å². The van der Waals surface area contributed by atoms with E-state index in [1.165, 1.54) is 6.33 Å². The zero-order valence-corrected chi connectivity index (χ0v) is 9.10. The topological polar surface area (TPSA) is 70.9 Å². The van der Waals surface area contributed by atoms with Gasteiger partial charge >= 0.3 is 0 Å². The minimum absolute atomic E-state index is 0.0609. The van der Waals surface area contributed by atoms with Gasteiger partial charge < -0.3 is 10.4 Å². The quantitative estimate of drug-likeness (QED) is 0.802. The van der Waals surface area contributed by atoms with E-state index in [0.717, 1.165) is 11.4 Å². The SMILES string of the molecule is Cc1ncccc1Nc1ncnc(C)c1O. The highest BCUT2D eigenvalue weighted by Gasteiger charge is 2.07. The molecule has 0 unspecified atom stereocenters. The predicted molar refractivity (Wildman–Crippen MR) is 60.7 cm³/mol. The van der Waals surface area contributed by atoms with Gasteiger partial charge in [0.15, 0.2) is 11.6 Å². The van der Waals surface area contributed by atoms with Gasteiger partial charge in [0.2, 0.25) is 0 Å². The third-order valence-corrected chi connectivity index (χ3v) is 2.27. The molecule has 0 fully saturated rings. The Hall–Kier alpha value is -2.17. The van der Waals surface area contributed by atoms with E-state index in [0.29, 0.717) is 11.5 Å². The first-order valence-corrected chi connectivity index (χ1v) is 4.87. The Morgan fingerprint density at radius 1 is 1.12 bits per heavy atom. The fourth-order valence-electron chi connectivity index (χ4n) is 1.30. The van der Waals surface area contributed by atoms with Gasteiger partial charge in [0, 0.05) is 6.20 Å². The maximum Gasteiger partial charge on any atom is 0.180 e. The Morgan fingerprint density at radius 3 is 2.69 bits per heavy atom. The lowest BCUT2D eigenvalue weighted by molar-refractivity contribution is 0.467. The van der Waals surface area contributed by atoms with Gasteiger partial charge in [-0.05, 0) is 26.0 Å². The van der Waals surface area contributed by atoms with Crippen molar-refractivity contribution in [3.8, 4) is 5.75 Å². The van der Waals surface area contributed by atoms with Gasteiger partial charge in [-0.25, -0.2) is 9.97 Å². The van der Waals surface area contributed by atoms with Crippen LogP contribution in [0.25, 0.3) is 0 Å². The maximum absolute atomic E-state index is 9.74. The van der Waals surface area contributed by atoms with Crippen LogP contribution in [0.4, 0.5) is 11.5 Å². The molecule has 0 bridgehead atoms. The van der Waals surface area contributed by atoms with Gasteiger partial charge in [-0.2, -0.15) is 0 Å². The maximum atomic E-state index is 9.74. The van der Waals surface area contributed by atoms with Crippen LogP contribution in [0.15, 0.2) is 24.7 Å². The second-order valence-corrected chi connectivity index (χ2v) is 3.42. The number of hydrogen-bond acceptors (Lipinski definition) is 5. The third kappa shape index (κ3) is 1.93. The molecule has 0 aliphatic carbocycles. The lowest BCUT2D eigenvalue weighted by atomic mass is 10.3. The molecule has 2 aromatic heterocycles. The lowest BCUT2D eigenvalue weighted by Crippen LogP contribution is -1.99. The van der Waals surface area contributed by atoms with Crippen molar-refractivity contribution in [2.45, 2.75) is 13.8 Å². The summed E-state index contributed by atoms with van der Waals surface area (Å²) in [6, 6.07) is 3.69. The van der Waals surface area contributed by atoms with Crippen LogP contribution in [-0.4, -0.2) is 20.1 Å². The monoisotopic (exact) mass is 216 g/mol. The number of pyridine rings is 1. The molecule has 0 aliphatic heterocycles. The zero-order valence-electron chi connectivity index (χ0n) is 9.10. The molecule has 5 heteroatoms. The molecule has 82 valence electrons. The average Bonchev–Trinajstić information content (AvgIpc) is 2.28. The number of nitrogens with zero attached hydrogens (tertiary/aromatic N) is 3. The minimum Gasteiger partial charge on any atom is -0.503 e. The van der Waals surface area contributed by atoms with Crippen molar-refractivity contribution in [2.24, 2.45) is 0 Å². The van der Waals surface area contributed by atoms with Gasteiger partial charge in [-0.3, -0.25) is 4.98 Å². The molecule has 0 atom stereocenters. The van der Waals surface area contributed by atoms with E-state index < -0.39 is 0 Å². The van der Waals surface area contributed by atoms with E-state index in [1.54, 1.807) is 13.1 Å². The molecule has 0 aliphatic rings. The van der Waals surface area contributed by atoms with Crippen molar-refractivity contribution in [2.75, 3.05) is 5.32 Å². The fraction of sp³-hybridized carbons (Fsp3) is 0.182. The van der Waals surface area contributed by atoms with Gasteiger partial charge in [-0.15, -0.1) is 0 Å². The summed E-state index contributed by atoms with van der Waals surface area (Å²) in [7, 11) is 0. The third-order valence-electron chi connectivity index (χ3n) is 2.27. The van der Waals surface area contributed by atoms with E-state index >= 15 is 0 Å². The number of aromatic hydroxyl groups is 1. The number of aryl methyl sites for hydroxylation is 2. The largest absolute Gasteiger partial charge is 0.503 e. The van der Waals surface area contributed by atoms with E-state index in [1.807, 2.05) is 19.1 Å². The van der Waals surface area contributed by atoms with Crippen LogP contribution in [0.3, 0.4) is 0 Å². The lowest BCUT2D eigenvalue weighted by Gasteiger charge is -2.09. The first-order chi connectivity index (χ1) is 7.68. The molecule has 0 radical (unpaired) electrons. The summed E-state index contributed by atoms with van der Waals surface area (Å²) >= 11 is 0. The Morgan fingerprint density at radius 2 is 1.94 bits per heavy atom. The van der Waals surface area contributed by atoms with Crippen LogP contribution >= 0.6 is 0 Å². The first-order valence-electron chi connectivity index (χ1n) is 4.87. The van der Waals surface area contributed by atoms with Crippen molar-refractivity contribution >= 4 is 11.5 Å². The summed E-state index contributed by atoms with van der Waals surface area (Å²) in [6.45, 7) is 3.60. The average molecular weight is 216 g/mol. The number of hydrogen-bond donors (Lipinski definition) is 2. The molecule has 0 saturated heterocycles. The summed E-state index contributed by atoms with van der Waals surface area (Å²) in [4.78, 5) is 12.0. The highest BCUT2D eigenvalue weighted by Crippen LogP contribution is 2.26. The highest BCUT2D eigenvalue weighted by atomic mass is 16.3. The molecule has 5 nitrogen and oxygen atoms in total.